The van der Waals surface area contributed by atoms with Gasteiger partial charge in [-0.25, -0.2) is 4.39 Å². The molecule has 1 aromatic carbocycles. The van der Waals surface area contributed by atoms with Gasteiger partial charge >= 0.3 is 0 Å². The molecule has 1 aromatic heterocycles. The molecule has 19 heavy (non-hydrogen) atoms. The number of halogens is 1. The number of hydrogen-bond acceptors (Lipinski definition) is 2. The van der Waals surface area contributed by atoms with Gasteiger partial charge in [-0.3, -0.25) is 4.79 Å². The molecule has 1 heterocycles. The molecule has 3 rings (SSSR count). The Labute approximate surface area is 110 Å². The van der Waals surface area contributed by atoms with Crippen molar-refractivity contribution in [3.05, 3.63) is 59.8 Å². The molecule has 1 saturated carbocycles. The van der Waals surface area contributed by atoms with E-state index in [-0.39, 0.29) is 11.7 Å². The molecule has 1 fully saturated rings. The van der Waals surface area contributed by atoms with E-state index in [0.717, 1.165) is 24.0 Å². The summed E-state index contributed by atoms with van der Waals surface area (Å²) in [4.78, 5) is 12.3. The number of amides is 1. The van der Waals surface area contributed by atoms with Gasteiger partial charge in [-0.1, -0.05) is 12.1 Å². The molecule has 0 spiro atoms. The predicted octanol–water partition coefficient (Wildman–Crippen LogP) is 2.77. The third-order valence-corrected chi connectivity index (χ3v) is 3.61. The molecule has 0 unspecified atom stereocenters. The summed E-state index contributed by atoms with van der Waals surface area (Å²) in [5, 5.41) is 2.91. The number of rotatable bonds is 4. The van der Waals surface area contributed by atoms with Crippen LogP contribution in [0, 0.1) is 5.82 Å². The minimum atomic E-state index is -0.461. The molecule has 1 amide bonds. The van der Waals surface area contributed by atoms with Crippen molar-refractivity contribution in [3.8, 4) is 0 Å². The van der Waals surface area contributed by atoms with Crippen LogP contribution in [0.15, 0.2) is 47.3 Å². The Balaban J connectivity index is 1.70. The van der Waals surface area contributed by atoms with Crippen LogP contribution in [0.25, 0.3) is 0 Å². The molecule has 2 aromatic rings. The Morgan fingerprint density at radius 1 is 1.26 bits per heavy atom. The molecule has 0 bridgehead atoms. The van der Waals surface area contributed by atoms with Crippen LogP contribution in [0.4, 0.5) is 4.39 Å². The summed E-state index contributed by atoms with van der Waals surface area (Å²) in [6.45, 7) is 0.457. The second-order valence-electron chi connectivity index (χ2n) is 4.90. The summed E-state index contributed by atoms with van der Waals surface area (Å²) in [5.41, 5.74) is 1.36. The Morgan fingerprint density at radius 2 is 2.00 bits per heavy atom. The van der Waals surface area contributed by atoms with Gasteiger partial charge in [0.2, 0.25) is 5.91 Å². The van der Waals surface area contributed by atoms with E-state index >= 15 is 0 Å². The Kier molecular flexibility index (Phi) is 2.85. The topological polar surface area (TPSA) is 42.2 Å². The zero-order valence-electron chi connectivity index (χ0n) is 10.4. The average Bonchev–Trinajstić information content (AvgIpc) is 3.07. The van der Waals surface area contributed by atoms with E-state index in [1.54, 1.807) is 24.7 Å². The van der Waals surface area contributed by atoms with Crippen LogP contribution in [0.5, 0.6) is 0 Å². The van der Waals surface area contributed by atoms with Crippen LogP contribution < -0.4 is 5.32 Å². The molecule has 0 radical (unpaired) electrons. The van der Waals surface area contributed by atoms with Gasteiger partial charge in [0, 0.05) is 12.1 Å². The third-order valence-electron chi connectivity index (χ3n) is 3.61. The molecular formula is C15H14FNO2. The fourth-order valence-corrected chi connectivity index (χ4v) is 2.29. The summed E-state index contributed by atoms with van der Waals surface area (Å²) < 4.78 is 17.9. The highest BCUT2D eigenvalue weighted by molar-refractivity contribution is 5.91. The van der Waals surface area contributed by atoms with Crippen LogP contribution in [-0.4, -0.2) is 5.91 Å². The van der Waals surface area contributed by atoms with Crippen molar-refractivity contribution in [2.45, 2.75) is 24.8 Å². The lowest BCUT2D eigenvalue weighted by molar-refractivity contribution is -0.123. The summed E-state index contributed by atoms with van der Waals surface area (Å²) in [5.74, 6) is -0.279. The largest absolute Gasteiger partial charge is 0.472 e. The first-order valence-electron chi connectivity index (χ1n) is 6.26. The van der Waals surface area contributed by atoms with E-state index in [9.17, 15) is 9.18 Å². The summed E-state index contributed by atoms with van der Waals surface area (Å²) >= 11 is 0. The molecule has 1 N–H and O–H groups in total. The number of carbonyl (C=O) groups is 1. The fourth-order valence-electron chi connectivity index (χ4n) is 2.29. The highest BCUT2D eigenvalue weighted by Gasteiger charge is 2.51. The first kappa shape index (κ1) is 12.0. The Bertz CT molecular complexity index is 571. The zero-order chi connectivity index (χ0) is 13.3. The molecule has 1 aliphatic rings. The molecule has 98 valence electrons. The van der Waals surface area contributed by atoms with Gasteiger partial charge in [0.05, 0.1) is 17.9 Å². The van der Waals surface area contributed by atoms with Crippen LogP contribution in [0.3, 0.4) is 0 Å². The Hall–Kier alpha value is -2.10. The van der Waals surface area contributed by atoms with E-state index in [1.807, 2.05) is 6.07 Å². The molecule has 0 aliphatic heterocycles. The molecular weight excluding hydrogens is 245 g/mol. The second kappa shape index (κ2) is 4.53. The van der Waals surface area contributed by atoms with E-state index < -0.39 is 5.41 Å². The molecule has 4 heteroatoms. The Morgan fingerprint density at radius 3 is 2.58 bits per heavy atom. The van der Waals surface area contributed by atoms with Crippen molar-refractivity contribution in [2.24, 2.45) is 0 Å². The molecule has 0 atom stereocenters. The summed E-state index contributed by atoms with van der Waals surface area (Å²) in [6, 6.07) is 8.01. The minimum Gasteiger partial charge on any atom is -0.472 e. The first-order chi connectivity index (χ1) is 9.21. The van der Waals surface area contributed by atoms with Gasteiger partial charge < -0.3 is 9.73 Å². The number of hydrogen-bond donors (Lipinski definition) is 1. The monoisotopic (exact) mass is 259 g/mol. The molecule has 3 nitrogen and oxygen atoms in total. The standard InChI is InChI=1S/C15H14FNO2/c16-13-3-1-12(2-4-13)15(6-7-15)14(18)17-9-11-5-8-19-10-11/h1-5,8,10H,6-7,9H2,(H,17,18). The maximum atomic E-state index is 12.9. The van der Waals surface area contributed by atoms with Crippen molar-refractivity contribution in [1.82, 2.24) is 5.32 Å². The number of furan rings is 1. The van der Waals surface area contributed by atoms with Crippen molar-refractivity contribution in [1.29, 1.82) is 0 Å². The van der Waals surface area contributed by atoms with Gasteiger partial charge in [0.15, 0.2) is 0 Å². The number of carbonyl (C=O) groups excluding carboxylic acids is 1. The lowest BCUT2D eigenvalue weighted by atomic mass is 9.95. The molecule has 0 saturated heterocycles. The summed E-state index contributed by atoms with van der Waals surface area (Å²) in [6.07, 6.45) is 4.82. The van der Waals surface area contributed by atoms with Crippen molar-refractivity contribution in [3.63, 3.8) is 0 Å². The average molecular weight is 259 g/mol. The van der Waals surface area contributed by atoms with Crippen molar-refractivity contribution < 1.29 is 13.6 Å². The van der Waals surface area contributed by atoms with Gasteiger partial charge in [-0.15, -0.1) is 0 Å². The van der Waals surface area contributed by atoms with Crippen molar-refractivity contribution >= 4 is 5.91 Å². The normalized spacial score (nSPS) is 16.1. The van der Waals surface area contributed by atoms with Crippen LogP contribution >= 0.6 is 0 Å². The van der Waals surface area contributed by atoms with Crippen molar-refractivity contribution in [2.75, 3.05) is 0 Å². The maximum absolute atomic E-state index is 12.9. The SMILES string of the molecule is O=C(NCc1ccoc1)C1(c2ccc(F)cc2)CC1. The van der Waals surface area contributed by atoms with Gasteiger partial charge in [0.25, 0.3) is 0 Å². The molecule has 1 aliphatic carbocycles. The van der Waals surface area contributed by atoms with Crippen LogP contribution in [0.1, 0.15) is 24.0 Å². The lowest BCUT2D eigenvalue weighted by Gasteiger charge is -2.15. The maximum Gasteiger partial charge on any atom is 0.230 e. The van der Waals surface area contributed by atoms with Crippen LogP contribution in [0.2, 0.25) is 0 Å². The van der Waals surface area contributed by atoms with Gasteiger partial charge in [-0.05, 0) is 36.6 Å². The highest BCUT2D eigenvalue weighted by atomic mass is 19.1. The lowest BCUT2D eigenvalue weighted by Crippen LogP contribution is -2.34. The zero-order valence-corrected chi connectivity index (χ0v) is 10.4. The van der Waals surface area contributed by atoms with E-state index in [4.69, 9.17) is 4.42 Å². The minimum absolute atomic E-state index is 0.000285. The third kappa shape index (κ3) is 2.26. The predicted molar refractivity (Wildman–Crippen MR) is 67.9 cm³/mol. The first-order valence-corrected chi connectivity index (χ1v) is 6.26. The number of benzene rings is 1. The van der Waals surface area contributed by atoms with Gasteiger partial charge in [-0.2, -0.15) is 0 Å². The second-order valence-corrected chi connectivity index (χ2v) is 4.90. The highest BCUT2D eigenvalue weighted by Crippen LogP contribution is 2.48. The fraction of sp³-hybridized carbons (Fsp3) is 0.267. The van der Waals surface area contributed by atoms with Gasteiger partial charge in [0.1, 0.15) is 5.82 Å². The van der Waals surface area contributed by atoms with Crippen LogP contribution in [-0.2, 0) is 16.8 Å². The van der Waals surface area contributed by atoms with E-state index in [1.165, 1.54) is 12.1 Å². The summed E-state index contributed by atoms with van der Waals surface area (Å²) in [7, 11) is 0. The van der Waals surface area contributed by atoms with E-state index in [2.05, 4.69) is 5.32 Å². The number of nitrogens with one attached hydrogen (secondary N) is 1. The quantitative estimate of drug-likeness (QED) is 0.917. The van der Waals surface area contributed by atoms with E-state index in [0.29, 0.717) is 6.54 Å². The smallest absolute Gasteiger partial charge is 0.230 e.